The van der Waals surface area contributed by atoms with Gasteiger partial charge in [-0.3, -0.25) is 4.79 Å². The first-order valence-corrected chi connectivity index (χ1v) is 6.75. The lowest BCUT2D eigenvalue weighted by molar-refractivity contribution is -0.116. The lowest BCUT2D eigenvalue weighted by Gasteiger charge is -2.11. The zero-order chi connectivity index (χ0) is 13.0. The Balaban J connectivity index is 0.00000180. The second-order valence-electron chi connectivity index (χ2n) is 5.26. The molecule has 4 heteroatoms. The van der Waals surface area contributed by atoms with E-state index >= 15 is 0 Å². The lowest BCUT2D eigenvalue weighted by Crippen LogP contribution is -2.23. The van der Waals surface area contributed by atoms with Crippen LogP contribution in [0.2, 0.25) is 0 Å². The van der Waals surface area contributed by atoms with Crippen molar-refractivity contribution in [1.29, 1.82) is 0 Å². The molecule has 1 saturated heterocycles. The average Bonchev–Trinajstić information content (AvgIpc) is 2.77. The van der Waals surface area contributed by atoms with Gasteiger partial charge in [0.05, 0.1) is 0 Å². The number of aryl methyl sites for hydroxylation is 2. The van der Waals surface area contributed by atoms with Crippen LogP contribution in [0.1, 0.15) is 36.8 Å². The summed E-state index contributed by atoms with van der Waals surface area (Å²) in [6.45, 7) is 5.19. The molecule has 1 atom stereocenters. The van der Waals surface area contributed by atoms with Gasteiger partial charge in [0, 0.05) is 18.2 Å². The molecule has 0 spiro atoms. The highest BCUT2D eigenvalue weighted by Crippen LogP contribution is 2.15. The normalized spacial score (nSPS) is 17.9. The number of halogens is 1. The first-order valence-electron chi connectivity index (χ1n) is 6.75. The van der Waals surface area contributed by atoms with Gasteiger partial charge in [-0.25, -0.2) is 0 Å². The Labute approximate surface area is 121 Å². The Hall–Kier alpha value is -1.06. The maximum Gasteiger partial charge on any atom is 0.224 e. The van der Waals surface area contributed by atoms with Gasteiger partial charge in [-0.2, -0.15) is 0 Å². The topological polar surface area (TPSA) is 41.1 Å². The van der Waals surface area contributed by atoms with Crippen LogP contribution in [-0.4, -0.2) is 18.5 Å². The van der Waals surface area contributed by atoms with Crippen molar-refractivity contribution in [1.82, 2.24) is 5.32 Å². The van der Waals surface area contributed by atoms with Crippen LogP contribution in [0.15, 0.2) is 18.2 Å². The molecule has 3 nitrogen and oxygen atoms in total. The molecule has 106 valence electrons. The van der Waals surface area contributed by atoms with Crippen LogP contribution in [-0.2, 0) is 4.79 Å². The highest BCUT2D eigenvalue weighted by Gasteiger charge is 2.15. The van der Waals surface area contributed by atoms with E-state index in [1.807, 2.05) is 26.0 Å². The third-order valence-corrected chi connectivity index (χ3v) is 3.39. The highest BCUT2D eigenvalue weighted by molar-refractivity contribution is 5.90. The SMILES string of the molecule is Cc1cc(C)cc(NC(=O)CCC2CCCN2)c1.Cl. The van der Waals surface area contributed by atoms with Gasteiger partial charge in [-0.15, -0.1) is 12.4 Å². The molecule has 1 fully saturated rings. The molecule has 1 aliphatic rings. The van der Waals surface area contributed by atoms with Gasteiger partial charge in [0.2, 0.25) is 5.91 Å². The second-order valence-corrected chi connectivity index (χ2v) is 5.26. The monoisotopic (exact) mass is 282 g/mol. The fourth-order valence-corrected chi connectivity index (χ4v) is 2.58. The molecule has 1 amide bonds. The van der Waals surface area contributed by atoms with Crippen molar-refractivity contribution in [2.24, 2.45) is 0 Å². The number of rotatable bonds is 4. The molecule has 0 aromatic heterocycles. The average molecular weight is 283 g/mol. The number of nitrogens with one attached hydrogen (secondary N) is 2. The number of hydrogen-bond donors (Lipinski definition) is 2. The van der Waals surface area contributed by atoms with Crippen LogP contribution in [0.3, 0.4) is 0 Å². The predicted octanol–water partition coefficient (Wildman–Crippen LogP) is 3.20. The molecule has 1 heterocycles. The van der Waals surface area contributed by atoms with Gasteiger partial charge in [0.15, 0.2) is 0 Å². The summed E-state index contributed by atoms with van der Waals surface area (Å²) in [6, 6.07) is 6.67. The van der Waals surface area contributed by atoms with Gasteiger partial charge < -0.3 is 10.6 Å². The summed E-state index contributed by atoms with van der Waals surface area (Å²) in [7, 11) is 0. The van der Waals surface area contributed by atoms with Gasteiger partial charge in [0.1, 0.15) is 0 Å². The zero-order valence-electron chi connectivity index (χ0n) is 11.7. The van der Waals surface area contributed by atoms with E-state index in [0.29, 0.717) is 12.5 Å². The van der Waals surface area contributed by atoms with Crippen molar-refractivity contribution >= 4 is 24.0 Å². The summed E-state index contributed by atoms with van der Waals surface area (Å²) in [5.41, 5.74) is 3.28. The minimum absolute atomic E-state index is 0. The minimum Gasteiger partial charge on any atom is -0.326 e. The highest BCUT2D eigenvalue weighted by atomic mass is 35.5. The van der Waals surface area contributed by atoms with E-state index in [9.17, 15) is 4.79 Å². The quantitative estimate of drug-likeness (QED) is 0.890. The van der Waals surface area contributed by atoms with Crippen LogP contribution in [0.4, 0.5) is 5.69 Å². The van der Waals surface area contributed by atoms with Crippen LogP contribution < -0.4 is 10.6 Å². The molecular weight excluding hydrogens is 260 g/mol. The first-order chi connectivity index (χ1) is 8.63. The number of anilines is 1. The zero-order valence-corrected chi connectivity index (χ0v) is 12.5. The molecule has 2 N–H and O–H groups in total. The van der Waals surface area contributed by atoms with Gasteiger partial charge in [-0.1, -0.05) is 6.07 Å². The first kappa shape index (κ1) is 16.0. The number of benzene rings is 1. The molecule has 1 aromatic carbocycles. The molecule has 0 radical (unpaired) electrons. The smallest absolute Gasteiger partial charge is 0.224 e. The standard InChI is InChI=1S/C15H22N2O.ClH/c1-11-8-12(2)10-14(9-11)17-15(18)6-5-13-4-3-7-16-13;/h8-10,13,16H,3-7H2,1-2H3,(H,17,18);1H. The Morgan fingerprint density at radius 1 is 1.32 bits per heavy atom. The lowest BCUT2D eigenvalue weighted by atomic mass is 10.1. The Morgan fingerprint density at radius 2 is 2.00 bits per heavy atom. The number of hydrogen-bond acceptors (Lipinski definition) is 2. The molecule has 19 heavy (non-hydrogen) atoms. The molecule has 2 rings (SSSR count). The summed E-state index contributed by atoms with van der Waals surface area (Å²) < 4.78 is 0. The van der Waals surface area contributed by atoms with E-state index in [1.165, 1.54) is 24.0 Å². The van der Waals surface area contributed by atoms with Crippen molar-refractivity contribution in [3.05, 3.63) is 29.3 Å². The van der Waals surface area contributed by atoms with Crippen LogP contribution >= 0.6 is 12.4 Å². The molecule has 0 aliphatic carbocycles. The van der Waals surface area contributed by atoms with E-state index in [0.717, 1.165) is 18.7 Å². The molecule has 1 aromatic rings. The molecule has 1 aliphatic heterocycles. The molecular formula is C15H23ClN2O. The largest absolute Gasteiger partial charge is 0.326 e. The summed E-state index contributed by atoms with van der Waals surface area (Å²) in [5.74, 6) is 0.119. The van der Waals surface area contributed by atoms with Crippen molar-refractivity contribution in [2.45, 2.75) is 45.6 Å². The van der Waals surface area contributed by atoms with Crippen molar-refractivity contribution < 1.29 is 4.79 Å². The molecule has 1 unspecified atom stereocenters. The van der Waals surface area contributed by atoms with Crippen molar-refractivity contribution in [3.8, 4) is 0 Å². The van der Waals surface area contributed by atoms with Crippen molar-refractivity contribution in [3.63, 3.8) is 0 Å². The summed E-state index contributed by atoms with van der Waals surface area (Å²) >= 11 is 0. The minimum atomic E-state index is 0. The summed E-state index contributed by atoms with van der Waals surface area (Å²) in [4.78, 5) is 11.9. The Bertz CT molecular complexity index is 408. The van der Waals surface area contributed by atoms with Gasteiger partial charge in [-0.05, 0) is 62.9 Å². The van der Waals surface area contributed by atoms with Gasteiger partial charge in [0.25, 0.3) is 0 Å². The van der Waals surface area contributed by atoms with Crippen molar-refractivity contribution in [2.75, 3.05) is 11.9 Å². The van der Waals surface area contributed by atoms with E-state index in [1.54, 1.807) is 0 Å². The van der Waals surface area contributed by atoms with Gasteiger partial charge >= 0.3 is 0 Å². The molecule has 0 bridgehead atoms. The number of carbonyl (C=O) groups excluding carboxylic acids is 1. The number of amides is 1. The fraction of sp³-hybridized carbons (Fsp3) is 0.533. The van der Waals surface area contributed by atoms with E-state index in [2.05, 4.69) is 16.7 Å². The summed E-state index contributed by atoms with van der Waals surface area (Å²) in [5, 5.41) is 6.39. The van der Waals surface area contributed by atoms with E-state index < -0.39 is 0 Å². The summed E-state index contributed by atoms with van der Waals surface area (Å²) in [6.07, 6.45) is 3.99. The number of carbonyl (C=O) groups is 1. The Morgan fingerprint density at radius 3 is 2.58 bits per heavy atom. The maximum absolute atomic E-state index is 11.9. The third kappa shape index (κ3) is 5.21. The fourth-order valence-electron chi connectivity index (χ4n) is 2.58. The van der Waals surface area contributed by atoms with Crippen LogP contribution in [0.25, 0.3) is 0 Å². The second kappa shape index (κ2) is 7.51. The van der Waals surface area contributed by atoms with E-state index in [4.69, 9.17) is 0 Å². The Kier molecular flexibility index (Phi) is 6.32. The van der Waals surface area contributed by atoms with Crippen LogP contribution in [0, 0.1) is 13.8 Å². The van der Waals surface area contributed by atoms with Crippen LogP contribution in [0.5, 0.6) is 0 Å². The molecule has 0 saturated carbocycles. The third-order valence-electron chi connectivity index (χ3n) is 3.39. The predicted molar refractivity (Wildman–Crippen MR) is 82.1 cm³/mol. The van der Waals surface area contributed by atoms with E-state index in [-0.39, 0.29) is 18.3 Å². The maximum atomic E-state index is 11.9.